The topological polar surface area (TPSA) is 54.6 Å². The van der Waals surface area contributed by atoms with Crippen LogP contribution in [0.5, 0.6) is 0 Å². The molecule has 0 unspecified atom stereocenters. The maximum absolute atomic E-state index is 13.8. The van der Waals surface area contributed by atoms with Gasteiger partial charge in [0.05, 0.1) is 17.6 Å². The summed E-state index contributed by atoms with van der Waals surface area (Å²) in [6, 6.07) is 18.1. The van der Waals surface area contributed by atoms with Crippen molar-refractivity contribution in [2.75, 3.05) is 0 Å². The number of unbranched alkanes of at least 4 members (excludes halogenated alkanes) is 3. The summed E-state index contributed by atoms with van der Waals surface area (Å²) in [5.41, 5.74) is 7.80. The summed E-state index contributed by atoms with van der Waals surface area (Å²) >= 11 is 0. The fourth-order valence-electron chi connectivity index (χ4n) is 4.89. The van der Waals surface area contributed by atoms with Crippen LogP contribution in [0.2, 0.25) is 0 Å². The van der Waals surface area contributed by atoms with Gasteiger partial charge in [0.25, 0.3) is 0 Å². The second-order valence-electron chi connectivity index (χ2n) is 8.86. The maximum Gasteiger partial charge on any atom is 0.335 e. The van der Waals surface area contributed by atoms with Crippen molar-refractivity contribution < 1.29 is 14.3 Å². The van der Waals surface area contributed by atoms with Gasteiger partial charge in [-0.15, -0.1) is 0 Å². The van der Waals surface area contributed by atoms with Crippen molar-refractivity contribution in [3.63, 3.8) is 0 Å². The van der Waals surface area contributed by atoms with Crippen LogP contribution in [-0.4, -0.2) is 21.9 Å². The summed E-state index contributed by atoms with van der Waals surface area (Å²) in [6.07, 6.45) is 7.33. The number of carbonyl (C=O) groups is 1. The number of hydrogen-bond acceptors (Lipinski definition) is 2. The summed E-state index contributed by atoms with van der Waals surface area (Å²) in [7, 11) is 0. The van der Waals surface area contributed by atoms with E-state index in [1.807, 2.05) is 30.5 Å². The predicted molar refractivity (Wildman–Crippen MR) is 135 cm³/mol. The third-order valence-corrected chi connectivity index (χ3v) is 6.59. The average molecular weight is 455 g/mol. The second kappa shape index (κ2) is 9.26. The number of aromatic nitrogens is 1. The lowest BCUT2D eigenvalue weighted by atomic mass is 9.96. The van der Waals surface area contributed by atoms with Gasteiger partial charge in [0, 0.05) is 28.5 Å². The van der Waals surface area contributed by atoms with Gasteiger partial charge in [-0.05, 0) is 78.1 Å². The molecule has 1 N–H and O–H groups in total. The van der Waals surface area contributed by atoms with Crippen LogP contribution in [0.25, 0.3) is 27.7 Å². The predicted octanol–water partition coefficient (Wildman–Crippen LogP) is 7.19. The van der Waals surface area contributed by atoms with Gasteiger partial charge in [0.15, 0.2) is 0 Å². The van der Waals surface area contributed by atoms with E-state index < -0.39 is 5.97 Å². The molecule has 1 aliphatic rings. The molecular weight excluding hydrogens is 427 g/mol. The molecule has 3 aromatic carbocycles. The lowest BCUT2D eigenvalue weighted by molar-refractivity contribution is 0.0697. The first-order chi connectivity index (χ1) is 16.6. The Labute approximate surface area is 198 Å². The van der Waals surface area contributed by atoms with Crippen LogP contribution in [0.4, 0.5) is 4.39 Å². The first-order valence-electron chi connectivity index (χ1n) is 11.9. The number of hydrogen-bond donors (Lipinski definition) is 1. The Hall–Kier alpha value is -3.73. The van der Waals surface area contributed by atoms with Crippen LogP contribution in [0, 0.1) is 5.82 Å². The van der Waals surface area contributed by atoms with Gasteiger partial charge in [-0.3, -0.25) is 4.99 Å². The Morgan fingerprint density at radius 1 is 1.03 bits per heavy atom. The van der Waals surface area contributed by atoms with E-state index in [4.69, 9.17) is 0 Å². The van der Waals surface area contributed by atoms with Crippen LogP contribution in [0.1, 0.15) is 59.8 Å². The maximum atomic E-state index is 13.8. The third kappa shape index (κ3) is 4.03. The van der Waals surface area contributed by atoms with Crippen LogP contribution in [0.15, 0.2) is 65.7 Å². The smallest absolute Gasteiger partial charge is 0.335 e. The lowest BCUT2D eigenvalue weighted by Crippen LogP contribution is -2.02. The number of nitrogens with zero attached hydrogens (tertiary/aromatic N) is 2. The molecule has 5 heteroatoms. The van der Waals surface area contributed by atoms with Crippen molar-refractivity contribution in [1.29, 1.82) is 0 Å². The van der Waals surface area contributed by atoms with E-state index in [-0.39, 0.29) is 11.4 Å². The van der Waals surface area contributed by atoms with Crippen molar-refractivity contribution in [3.8, 4) is 16.8 Å². The minimum atomic E-state index is -0.935. The monoisotopic (exact) mass is 454 g/mol. The van der Waals surface area contributed by atoms with Gasteiger partial charge in [-0.2, -0.15) is 0 Å². The van der Waals surface area contributed by atoms with Gasteiger partial charge < -0.3 is 9.67 Å². The number of rotatable bonds is 8. The van der Waals surface area contributed by atoms with Gasteiger partial charge in [0.1, 0.15) is 5.82 Å². The van der Waals surface area contributed by atoms with Crippen LogP contribution < -0.4 is 0 Å². The summed E-state index contributed by atoms with van der Waals surface area (Å²) in [4.78, 5) is 15.9. The summed E-state index contributed by atoms with van der Waals surface area (Å²) in [5, 5.41) is 10.5. The molecule has 1 aromatic heterocycles. The number of carboxylic acid groups (broad SMARTS) is 1. The first kappa shape index (κ1) is 22.1. The molecule has 34 heavy (non-hydrogen) atoms. The highest BCUT2D eigenvalue weighted by Gasteiger charge is 2.22. The highest BCUT2D eigenvalue weighted by Crippen LogP contribution is 2.40. The number of fused-ring (bicyclic) bond motifs is 2. The molecule has 5 rings (SSSR count). The third-order valence-electron chi connectivity index (χ3n) is 6.59. The SMILES string of the molecule is CCCCCCc1c(-c2ccc(C(=O)O)cc2)c2cc3c(cc2n1-c1ccc(F)cc1)C=NC3. The highest BCUT2D eigenvalue weighted by molar-refractivity contribution is 6.03. The molecule has 4 nitrogen and oxygen atoms in total. The Bertz CT molecular complexity index is 1380. The zero-order valence-electron chi connectivity index (χ0n) is 19.2. The van der Waals surface area contributed by atoms with Crippen molar-refractivity contribution in [3.05, 3.63) is 88.9 Å². The molecule has 0 bridgehead atoms. The number of benzene rings is 3. The van der Waals surface area contributed by atoms with E-state index in [1.165, 1.54) is 29.8 Å². The zero-order chi connectivity index (χ0) is 23.7. The lowest BCUT2D eigenvalue weighted by Gasteiger charge is -2.13. The van der Waals surface area contributed by atoms with E-state index in [9.17, 15) is 14.3 Å². The molecule has 2 heterocycles. The summed E-state index contributed by atoms with van der Waals surface area (Å²) < 4.78 is 16.0. The molecule has 0 spiro atoms. The van der Waals surface area contributed by atoms with E-state index in [1.54, 1.807) is 12.1 Å². The summed E-state index contributed by atoms with van der Waals surface area (Å²) in [6.45, 7) is 2.87. The molecule has 0 saturated carbocycles. The number of halogens is 1. The van der Waals surface area contributed by atoms with Crippen molar-refractivity contribution in [2.24, 2.45) is 4.99 Å². The van der Waals surface area contributed by atoms with E-state index >= 15 is 0 Å². The molecule has 4 aromatic rings. The second-order valence-corrected chi connectivity index (χ2v) is 8.86. The molecule has 0 fully saturated rings. The molecule has 1 aliphatic heterocycles. The van der Waals surface area contributed by atoms with E-state index in [2.05, 4.69) is 28.6 Å². The van der Waals surface area contributed by atoms with Crippen LogP contribution in [0.3, 0.4) is 0 Å². The molecule has 172 valence electrons. The Kier molecular flexibility index (Phi) is 6.01. The van der Waals surface area contributed by atoms with E-state index in [0.29, 0.717) is 6.54 Å². The molecule has 0 atom stereocenters. The van der Waals surface area contributed by atoms with Gasteiger partial charge in [-0.1, -0.05) is 38.3 Å². The first-order valence-corrected chi connectivity index (χ1v) is 11.9. The van der Waals surface area contributed by atoms with Crippen molar-refractivity contribution >= 4 is 23.1 Å². The zero-order valence-corrected chi connectivity index (χ0v) is 19.2. The number of carboxylic acids is 1. The van der Waals surface area contributed by atoms with Gasteiger partial charge in [0.2, 0.25) is 0 Å². The molecule has 0 saturated heterocycles. The van der Waals surface area contributed by atoms with E-state index in [0.717, 1.165) is 59.0 Å². The number of aromatic carboxylic acids is 1. The largest absolute Gasteiger partial charge is 0.478 e. The molecule has 0 amide bonds. The van der Waals surface area contributed by atoms with Crippen molar-refractivity contribution in [2.45, 2.75) is 45.6 Å². The minimum absolute atomic E-state index is 0.262. The standard InChI is InChI=1S/C29H27FN2O2/c1-2-3-4-5-6-26-28(19-7-9-20(10-8-19)29(33)34)25-15-21-17-31-18-22(21)16-27(25)32(26)24-13-11-23(30)12-14-24/h7-16,18H,2-6,17H2,1H3,(H,33,34). The van der Waals surface area contributed by atoms with Crippen LogP contribution in [-0.2, 0) is 13.0 Å². The summed E-state index contributed by atoms with van der Waals surface area (Å²) in [5.74, 6) is -1.20. The van der Waals surface area contributed by atoms with Gasteiger partial charge >= 0.3 is 5.97 Å². The normalized spacial score (nSPS) is 12.4. The molecule has 0 aliphatic carbocycles. The van der Waals surface area contributed by atoms with Crippen LogP contribution >= 0.6 is 0 Å². The average Bonchev–Trinajstić information content (AvgIpc) is 3.42. The Balaban J connectivity index is 1.77. The Morgan fingerprint density at radius 2 is 1.79 bits per heavy atom. The molecular formula is C29H27FN2O2. The quantitative estimate of drug-likeness (QED) is 0.287. The highest BCUT2D eigenvalue weighted by atomic mass is 19.1. The fourth-order valence-corrected chi connectivity index (χ4v) is 4.89. The molecule has 0 radical (unpaired) electrons. The fraction of sp³-hybridized carbons (Fsp3) is 0.241. The number of aliphatic imine (C=N–C) groups is 1. The van der Waals surface area contributed by atoms with Crippen molar-refractivity contribution in [1.82, 2.24) is 4.57 Å². The minimum Gasteiger partial charge on any atom is -0.478 e. The van der Waals surface area contributed by atoms with Gasteiger partial charge in [-0.25, -0.2) is 9.18 Å². The Morgan fingerprint density at radius 3 is 2.50 bits per heavy atom.